The van der Waals surface area contributed by atoms with Crippen LogP contribution in [0.25, 0.3) is 0 Å². The largest absolute Gasteiger partial charge is 0.342 e. The maximum atomic E-state index is 13.0. The topological polar surface area (TPSA) is 40.6 Å². The summed E-state index contributed by atoms with van der Waals surface area (Å²) in [4.78, 5) is 30.0. The molecule has 0 aromatic heterocycles. The number of amides is 2. The molecule has 0 aromatic rings. The lowest BCUT2D eigenvalue weighted by Gasteiger charge is -2.40. The normalized spacial score (nSPS) is 31.8. The highest BCUT2D eigenvalue weighted by Gasteiger charge is 2.36. The Morgan fingerprint density at radius 2 is 1.40 bits per heavy atom. The van der Waals surface area contributed by atoms with Gasteiger partial charge in [0.05, 0.1) is 0 Å². The molecule has 0 radical (unpaired) electrons. The monoisotopic (exact) mass is 348 g/mol. The van der Waals surface area contributed by atoms with E-state index in [2.05, 4.69) is 23.6 Å². The van der Waals surface area contributed by atoms with E-state index >= 15 is 0 Å². The molecule has 0 aromatic carbocycles. The van der Waals surface area contributed by atoms with E-state index in [1.165, 1.54) is 12.8 Å². The van der Waals surface area contributed by atoms with Crippen molar-refractivity contribution in [3.8, 4) is 0 Å². The van der Waals surface area contributed by atoms with E-state index in [-0.39, 0.29) is 11.8 Å². The Kier molecular flexibility index (Phi) is 6.40. The van der Waals surface area contributed by atoms with Gasteiger partial charge in [0.1, 0.15) is 0 Å². The molecule has 0 bridgehead atoms. The predicted octanol–water partition coefficient (Wildman–Crippen LogP) is 3.84. The van der Waals surface area contributed by atoms with E-state index < -0.39 is 0 Å². The van der Waals surface area contributed by atoms with Crippen LogP contribution in [0.2, 0.25) is 0 Å². The lowest BCUT2D eigenvalue weighted by Crippen LogP contribution is -2.47. The zero-order valence-electron chi connectivity index (χ0n) is 16.2. The molecule has 2 heterocycles. The Morgan fingerprint density at radius 3 is 2.00 bits per heavy atom. The van der Waals surface area contributed by atoms with Crippen molar-refractivity contribution in [1.82, 2.24) is 9.80 Å². The van der Waals surface area contributed by atoms with Crippen LogP contribution in [0.15, 0.2) is 0 Å². The molecule has 1 aliphatic carbocycles. The highest BCUT2D eigenvalue weighted by atomic mass is 16.2. The maximum absolute atomic E-state index is 13.0. The van der Waals surface area contributed by atoms with Crippen LogP contribution in [0.3, 0.4) is 0 Å². The minimum absolute atomic E-state index is 0.164. The first-order valence-corrected chi connectivity index (χ1v) is 10.7. The molecule has 1 unspecified atom stereocenters. The summed E-state index contributed by atoms with van der Waals surface area (Å²) < 4.78 is 0. The zero-order valence-corrected chi connectivity index (χ0v) is 16.2. The molecule has 0 spiro atoms. The standard InChI is InChI=1S/C21H36N2O2/c1-3-19-6-4-5-13-23(19)21(25)18-9-7-17(8-10-18)20(24)22-14-11-16(2)12-15-22/h16-19H,3-15H2,1-2H3. The minimum atomic E-state index is 0.164. The van der Waals surface area contributed by atoms with Crippen LogP contribution in [0, 0.1) is 17.8 Å². The van der Waals surface area contributed by atoms with Gasteiger partial charge in [0.2, 0.25) is 11.8 Å². The van der Waals surface area contributed by atoms with Gasteiger partial charge in [-0.3, -0.25) is 9.59 Å². The summed E-state index contributed by atoms with van der Waals surface area (Å²) in [6, 6.07) is 0.455. The molecule has 1 saturated carbocycles. The molecular formula is C21H36N2O2. The zero-order chi connectivity index (χ0) is 17.8. The van der Waals surface area contributed by atoms with Crippen molar-refractivity contribution in [2.24, 2.45) is 17.8 Å². The number of rotatable bonds is 3. The Labute approximate surface area is 153 Å². The van der Waals surface area contributed by atoms with Crippen LogP contribution in [-0.2, 0) is 9.59 Å². The molecule has 2 amide bonds. The number of carbonyl (C=O) groups excluding carboxylic acids is 2. The third-order valence-corrected chi connectivity index (χ3v) is 6.90. The number of hydrogen-bond acceptors (Lipinski definition) is 2. The maximum Gasteiger partial charge on any atom is 0.225 e. The summed E-state index contributed by atoms with van der Waals surface area (Å²) in [5.41, 5.74) is 0. The minimum Gasteiger partial charge on any atom is -0.342 e. The number of likely N-dealkylation sites (tertiary alicyclic amines) is 2. The quantitative estimate of drug-likeness (QED) is 0.777. The molecule has 2 saturated heterocycles. The van der Waals surface area contributed by atoms with Gasteiger partial charge < -0.3 is 9.80 Å². The van der Waals surface area contributed by atoms with E-state index in [0.717, 1.165) is 76.9 Å². The van der Waals surface area contributed by atoms with Crippen molar-refractivity contribution >= 4 is 11.8 Å². The molecule has 4 nitrogen and oxygen atoms in total. The molecule has 142 valence electrons. The number of piperidine rings is 2. The van der Waals surface area contributed by atoms with Gasteiger partial charge in [0, 0.05) is 37.5 Å². The highest BCUT2D eigenvalue weighted by molar-refractivity contribution is 5.81. The third-order valence-electron chi connectivity index (χ3n) is 6.90. The van der Waals surface area contributed by atoms with Gasteiger partial charge in [-0.05, 0) is 70.1 Å². The summed E-state index contributed by atoms with van der Waals surface area (Å²) in [7, 11) is 0. The first kappa shape index (κ1) is 18.7. The molecule has 3 fully saturated rings. The van der Waals surface area contributed by atoms with Crippen LogP contribution in [-0.4, -0.2) is 47.3 Å². The average Bonchev–Trinajstić information content (AvgIpc) is 2.67. The average molecular weight is 349 g/mol. The van der Waals surface area contributed by atoms with Crippen LogP contribution < -0.4 is 0 Å². The fourth-order valence-corrected chi connectivity index (χ4v) is 5.02. The van der Waals surface area contributed by atoms with Crippen LogP contribution >= 0.6 is 0 Å². The highest BCUT2D eigenvalue weighted by Crippen LogP contribution is 2.33. The second-order valence-corrected chi connectivity index (χ2v) is 8.65. The van der Waals surface area contributed by atoms with Crippen molar-refractivity contribution in [3.05, 3.63) is 0 Å². The van der Waals surface area contributed by atoms with Gasteiger partial charge in [0.25, 0.3) is 0 Å². The first-order valence-electron chi connectivity index (χ1n) is 10.7. The molecule has 1 atom stereocenters. The van der Waals surface area contributed by atoms with Crippen molar-refractivity contribution in [2.75, 3.05) is 19.6 Å². The van der Waals surface area contributed by atoms with Crippen molar-refractivity contribution in [1.29, 1.82) is 0 Å². The summed E-state index contributed by atoms with van der Waals surface area (Å²) in [6.45, 7) is 7.30. The van der Waals surface area contributed by atoms with Gasteiger partial charge in [-0.1, -0.05) is 13.8 Å². The number of nitrogens with zero attached hydrogens (tertiary/aromatic N) is 2. The lowest BCUT2D eigenvalue weighted by molar-refractivity contribution is -0.144. The summed E-state index contributed by atoms with van der Waals surface area (Å²) >= 11 is 0. The van der Waals surface area contributed by atoms with Crippen molar-refractivity contribution < 1.29 is 9.59 Å². The smallest absolute Gasteiger partial charge is 0.225 e. The van der Waals surface area contributed by atoms with E-state index in [0.29, 0.717) is 17.9 Å². The summed E-state index contributed by atoms with van der Waals surface area (Å²) in [6.07, 6.45) is 10.6. The summed E-state index contributed by atoms with van der Waals surface area (Å²) in [5.74, 6) is 1.83. The number of hydrogen-bond donors (Lipinski definition) is 0. The van der Waals surface area contributed by atoms with E-state index in [1.54, 1.807) is 0 Å². The molecule has 4 heteroatoms. The Balaban J connectivity index is 1.49. The van der Waals surface area contributed by atoms with Crippen molar-refractivity contribution in [3.63, 3.8) is 0 Å². The van der Waals surface area contributed by atoms with Gasteiger partial charge in [0.15, 0.2) is 0 Å². The van der Waals surface area contributed by atoms with E-state index in [1.807, 2.05) is 0 Å². The molecular weight excluding hydrogens is 312 g/mol. The predicted molar refractivity (Wildman–Crippen MR) is 100 cm³/mol. The Morgan fingerprint density at radius 1 is 0.800 bits per heavy atom. The second kappa shape index (κ2) is 8.55. The fraction of sp³-hybridized carbons (Fsp3) is 0.905. The second-order valence-electron chi connectivity index (χ2n) is 8.65. The van der Waals surface area contributed by atoms with Gasteiger partial charge in [-0.15, -0.1) is 0 Å². The molecule has 25 heavy (non-hydrogen) atoms. The van der Waals surface area contributed by atoms with Gasteiger partial charge >= 0.3 is 0 Å². The SMILES string of the molecule is CCC1CCCCN1C(=O)C1CCC(C(=O)N2CCC(C)CC2)CC1. The third kappa shape index (κ3) is 4.38. The molecule has 3 rings (SSSR count). The van der Waals surface area contributed by atoms with Crippen LogP contribution in [0.1, 0.15) is 78.1 Å². The van der Waals surface area contributed by atoms with Crippen LogP contribution in [0.5, 0.6) is 0 Å². The molecule has 0 N–H and O–H groups in total. The lowest BCUT2D eigenvalue weighted by atomic mass is 9.80. The number of carbonyl (C=O) groups is 2. The van der Waals surface area contributed by atoms with Crippen molar-refractivity contribution in [2.45, 2.75) is 84.1 Å². The summed E-state index contributed by atoms with van der Waals surface area (Å²) in [5, 5.41) is 0. The molecule has 2 aliphatic heterocycles. The fourth-order valence-electron chi connectivity index (χ4n) is 5.02. The van der Waals surface area contributed by atoms with E-state index in [4.69, 9.17) is 0 Å². The first-order chi connectivity index (χ1) is 12.1. The Bertz CT molecular complexity index is 463. The molecule has 3 aliphatic rings. The van der Waals surface area contributed by atoms with E-state index in [9.17, 15) is 9.59 Å². The Hall–Kier alpha value is -1.06. The van der Waals surface area contributed by atoms with Crippen LogP contribution in [0.4, 0.5) is 0 Å². The van der Waals surface area contributed by atoms with Gasteiger partial charge in [-0.2, -0.15) is 0 Å². The van der Waals surface area contributed by atoms with Gasteiger partial charge in [-0.25, -0.2) is 0 Å².